The molecule has 3 nitrogen and oxygen atoms in total. The van der Waals surface area contributed by atoms with Crippen molar-refractivity contribution in [3.05, 3.63) is 0 Å². The number of ether oxygens (including phenoxy) is 1. The number of fused-ring (bicyclic) bond motifs is 1. The number of rotatable bonds is 0. The molecule has 12 heavy (non-hydrogen) atoms. The van der Waals surface area contributed by atoms with Gasteiger partial charge >= 0.3 is 0 Å². The third kappa shape index (κ3) is 0.891. The van der Waals surface area contributed by atoms with Crippen molar-refractivity contribution in [2.45, 2.75) is 39.0 Å². The van der Waals surface area contributed by atoms with Gasteiger partial charge < -0.3 is 9.64 Å². The molecule has 2 heterocycles. The molecule has 0 aromatic carbocycles. The van der Waals surface area contributed by atoms with Gasteiger partial charge in [0, 0.05) is 6.42 Å². The molecule has 0 aromatic rings. The molecule has 2 rings (SSSR count). The average molecular weight is 169 g/mol. The Bertz CT molecular complexity index is 225. The molecule has 2 fully saturated rings. The maximum absolute atomic E-state index is 11.5. The predicted molar refractivity (Wildman–Crippen MR) is 44.4 cm³/mol. The van der Waals surface area contributed by atoms with Crippen molar-refractivity contribution in [2.75, 3.05) is 6.61 Å². The van der Waals surface area contributed by atoms with Crippen LogP contribution in [-0.4, -0.2) is 29.2 Å². The zero-order valence-corrected chi connectivity index (χ0v) is 7.83. The van der Waals surface area contributed by atoms with E-state index in [1.807, 2.05) is 18.7 Å². The first kappa shape index (κ1) is 8.05. The van der Waals surface area contributed by atoms with Gasteiger partial charge in [-0.15, -0.1) is 0 Å². The van der Waals surface area contributed by atoms with Crippen LogP contribution >= 0.6 is 0 Å². The summed E-state index contributed by atoms with van der Waals surface area (Å²) >= 11 is 0. The lowest BCUT2D eigenvalue weighted by Crippen LogP contribution is -2.43. The standard InChI is InChI=1S/C9H15NO2/c1-6-4-8(11)10-7(6)5-12-9(10,2)3/h6-7H,4-5H2,1-3H3/t6-,7-/m0/s1. The average Bonchev–Trinajstić information content (AvgIpc) is 2.37. The highest BCUT2D eigenvalue weighted by Gasteiger charge is 2.50. The molecule has 0 aliphatic carbocycles. The molecule has 0 bridgehead atoms. The van der Waals surface area contributed by atoms with Crippen LogP contribution in [0.15, 0.2) is 0 Å². The van der Waals surface area contributed by atoms with Crippen molar-refractivity contribution >= 4 is 5.91 Å². The number of hydrogen-bond donors (Lipinski definition) is 0. The lowest BCUT2D eigenvalue weighted by Gasteiger charge is -2.29. The van der Waals surface area contributed by atoms with Gasteiger partial charge in [-0.05, 0) is 19.8 Å². The van der Waals surface area contributed by atoms with Gasteiger partial charge in [0.2, 0.25) is 5.91 Å². The van der Waals surface area contributed by atoms with Crippen LogP contribution < -0.4 is 0 Å². The number of amides is 1. The topological polar surface area (TPSA) is 29.5 Å². The second-order valence-electron chi connectivity index (χ2n) is 4.27. The van der Waals surface area contributed by atoms with Crippen LogP contribution in [0.25, 0.3) is 0 Å². The smallest absolute Gasteiger partial charge is 0.225 e. The summed E-state index contributed by atoms with van der Waals surface area (Å²) < 4.78 is 5.55. The van der Waals surface area contributed by atoms with Crippen LogP contribution in [0, 0.1) is 5.92 Å². The van der Waals surface area contributed by atoms with E-state index in [1.165, 1.54) is 0 Å². The van der Waals surface area contributed by atoms with Gasteiger partial charge in [-0.1, -0.05) is 6.92 Å². The minimum Gasteiger partial charge on any atom is -0.354 e. The molecule has 3 heteroatoms. The van der Waals surface area contributed by atoms with Crippen LogP contribution in [0.4, 0.5) is 0 Å². The Hall–Kier alpha value is -0.570. The van der Waals surface area contributed by atoms with Crippen LogP contribution in [0.3, 0.4) is 0 Å². The number of hydrogen-bond acceptors (Lipinski definition) is 2. The van der Waals surface area contributed by atoms with Gasteiger partial charge in [-0.25, -0.2) is 0 Å². The highest BCUT2D eigenvalue weighted by atomic mass is 16.5. The highest BCUT2D eigenvalue weighted by Crippen LogP contribution is 2.37. The monoisotopic (exact) mass is 169 g/mol. The summed E-state index contributed by atoms with van der Waals surface area (Å²) in [6.07, 6.45) is 0.692. The van der Waals surface area contributed by atoms with Crippen molar-refractivity contribution in [2.24, 2.45) is 5.92 Å². The normalized spacial score (nSPS) is 38.9. The summed E-state index contributed by atoms with van der Waals surface area (Å²) in [5, 5.41) is 0. The molecular formula is C9H15NO2. The molecule has 2 atom stereocenters. The Kier molecular flexibility index (Phi) is 1.49. The zero-order chi connectivity index (χ0) is 8.93. The summed E-state index contributed by atoms with van der Waals surface area (Å²) in [5.41, 5.74) is -0.369. The fourth-order valence-electron chi connectivity index (χ4n) is 2.25. The van der Waals surface area contributed by atoms with Gasteiger partial charge in [0.15, 0.2) is 0 Å². The number of carbonyl (C=O) groups is 1. The molecule has 0 N–H and O–H groups in total. The fourth-order valence-corrected chi connectivity index (χ4v) is 2.25. The Morgan fingerprint density at radius 3 is 2.83 bits per heavy atom. The Morgan fingerprint density at radius 1 is 1.58 bits per heavy atom. The molecule has 0 radical (unpaired) electrons. The van der Waals surface area contributed by atoms with Gasteiger partial charge in [0.1, 0.15) is 5.72 Å². The Labute approximate surface area is 72.7 Å². The van der Waals surface area contributed by atoms with Crippen LogP contribution in [-0.2, 0) is 9.53 Å². The van der Waals surface area contributed by atoms with Crippen molar-refractivity contribution in [3.8, 4) is 0 Å². The largest absolute Gasteiger partial charge is 0.354 e. The first-order valence-corrected chi connectivity index (χ1v) is 4.48. The van der Waals surface area contributed by atoms with Gasteiger partial charge in [-0.3, -0.25) is 4.79 Å². The van der Waals surface area contributed by atoms with E-state index in [0.29, 0.717) is 25.0 Å². The molecule has 68 valence electrons. The molecular weight excluding hydrogens is 154 g/mol. The van der Waals surface area contributed by atoms with E-state index >= 15 is 0 Å². The third-order valence-electron chi connectivity index (χ3n) is 2.94. The van der Waals surface area contributed by atoms with E-state index in [9.17, 15) is 4.79 Å². The van der Waals surface area contributed by atoms with Gasteiger partial charge in [0.05, 0.1) is 12.6 Å². The minimum absolute atomic E-state index is 0.245. The van der Waals surface area contributed by atoms with E-state index in [2.05, 4.69) is 6.92 Å². The molecule has 2 aliphatic rings. The van der Waals surface area contributed by atoms with Gasteiger partial charge in [-0.2, -0.15) is 0 Å². The van der Waals surface area contributed by atoms with Crippen LogP contribution in [0.5, 0.6) is 0 Å². The summed E-state index contributed by atoms with van der Waals surface area (Å²) in [5.74, 6) is 0.703. The summed E-state index contributed by atoms with van der Waals surface area (Å²) in [6, 6.07) is 0.326. The van der Waals surface area contributed by atoms with Gasteiger partial charge in [0.25, 0.3) is 0 Å². The predicted octanol–water partition coefficient (Wildman–Crippen LogP) is 0.990. The lowest BCUT2D eigenvalue weighted by atomic mass is 10.0. The molecule has 0 aromatic heterocycles. The lowest BCUT2D eigenvalue weighted by molar-refractivity contribution is -0.141. The van der Waals surface area contributed by atoms with Crippen LogP contribution in [0.1, 0.15) is 27.2 Å². The maximum atomic E-state index is 11.5. The van der Waals surface area contributed by atoms with E-state index in [-0.39, 0.29) is 11.6 Å². The quantitative estimate of drug-likeness (QED) is 0.541. The Morgan fingerprint density at radius 2 is 2.25 bits per heavy atom. The minimum atomic E-state index is -0.369. The number of nitrogens with zero attached hydrogens (tertiary/aromatic N) is 1. The van der Waals surface area contributed by atoms with E-state index < -0.39 is 0 Å². The SMILES string of the molecule is C[C@H]1CC(=O)N2[C@H]1COC2(C)C. The molecule has 0 spiro atoms. The van der Waals surface area contributed by atoms with E-state index in [0.717, 1.165) is 0 Å². The van der Waals surface area contributed by atoms with Crippen LogP contribution in [0.2, 0.25) is 0 Å². The zero-order valence-electron chi connectivity index (χ0n) is 7.83. The summed E-state index contributed by atoms with van der Waals surface area (Å²) in [6.45, 7) is 6.75. The number of carbonyl (C=O) groups excluding carboxylic acids is 1. The summed E-state index contributed by atoms with van der Waals surface area (Å²) in [7, 11) is 0. The molecule has 2 aliphatic heterocycles. The van der Waals surface area contributed by atoms with E-state index in [4.69, 9.17) is 4.74 Å². The fraction of sp³-hybridized carbons (Fsp3) is 0.889. The van der Waals surface area contributed by atoms with Crippen molar-refractivity contribution < 1.29 is 9.53 Å². The molecule has 1 amide bonds. The molecule has 0 unspecified atom stereocenters. The molecule has 2 saturated heterocycles. The second kappa shape index (κ2) is 2.22. The van der Waals surface area contributed by atoms with E-state index in [1.54, 1.807) is 0 Å². The first-order chi connectivity index (χ1) is 5.52. The summed E-state index contributed by atoms with van der Waals surface area (Å²) in [4.78, 5) is 13.4. The Balaban J connectivity index is 2.29. The van der Waals surface area contributed by atoms with Crippen molar-refractivity contribution in [1.82, 2.24) is 4.90 Å². The molecule has 0 saturated carbocycles. The highest BCUT2D eigenvalue weighted by molar-refractivity contribution is 5.80. The first-order valence-electron chi connectivity index (χ1n) is 4.48. The third-order valence-corrected chi connectivity index (χ3v) is 2.94. The van der Waals surface area contributed by atoms with Crippen molar-refractivity contribution in [1.29, 1.82) is 0 Å². The second-order valence-corrected chi connectivity index (χ2v) is 4.27. The maximum Gasteiger partial charge on any atom is 0.225 e. The van der Waals surface area contributed by atoms with Crippen molar-refractivity contribution in [3.63, 3.8) is 0 Å².